The van der Waals surface area contributed by atoms with Crippen LogP contribution in [-0.2, 0) is 0 Å². The van der Waals surface area contributed by atoms with E-state index in [2.05, 4.69) is 49.4 Å². The van der Waals surface area contributed by atoms with E-state index in [9.17, 15) is 0 Å². The Bertz CT molecular complexity index is 822. The zero-order valence-corrected chi connectivity index (χ0v) is 16.3. The largest absolute Gasteiger partial charge is 0.192 e. The maximum atomic E-state index is 8.95. The van der Waals surface area contributed by atoms with Gasteiger partial charge in [0.2, 0.25) is 0 Å². The first-order valence-corrected chi connectivity index (χ1v) is 10.5. The predicted octanol–water partition coefficient (Wildman–Crippen LogP) is 7.10. The second-order valence-electron chi connectivity index (χ2n) is 8.44. The van der Waals surface area contributed by atoms with Crippen LogP contribution >= 0.6 is 0 Å². The number of nitrogens with zero attached hydrogens (tertiary/aromatic N) is 1. The van der Waals surface area contributed by atoms with Gasteiger partial charge < -0.3 is 0 Å². The van der Waals surface area contributed by atoms with Crippen molar-refractivity contribution in [3.63, 3.8) is 0 Å². The number of hydrogen-bond donors (Lipinski definition) is 0. The van der Waals surface area contributed by atoms with Gasteiger partial charge in [-0.3, -0.25) is 0 Å². The van der Waals surface area contributed by atoms with Crippen LogP contribution in [0, 0.1) is 29.1 Å². The maximum Gasteiger partial charge on any atom is 0.0991 e. The molecule has 0 bridgehead atoms. The molecule has 4 atom stereocenters. The molecule has 2 aromatic carbocycles. The SMILES string of the molecule is C/C=C/C1CCC2CC(c3ccc(-c4ccc(C#N)cc4)cc3)CCC2C1. The van der Waals surface area contributed by atoms with Crippen molar-refractivity contribution in [1.29, 1.82) is 5.26 Å². The lowest BCUT2D eigenvalue weighted by atomic mass is 9.64. The van der Waals surface area contributed by atoms with Crippen molar-refractivity contribution in [2.45, 2.75) is 51.4 Å². The quantitative estimate of drug-likeness (QED) is 0.539. The summed E-state index contributed by atoms with van der Waals surface area (Å²) in [7, 11) is 0. The number of benzene rings is 2. The lowest BCUT2D eigenvalue weighted by Crippen LogP contribution is -2.30. The van der Waals surface area contributed by atoms with Gasteiger partial charge in [0.05, 0.1) is 11.6 Å². The molecule has 2 saturated carbocycles. The molecule has 0 aromatic heterocycles. The van der Waals surface area contributed by atoms with Gasteiger partial charge in [-0.1, -0.05) is 48.6 Å². The normalized spacial score (nSPS) is 27.9. The highest BCUT2D eigenvalue weighted by Crippen LogP contribution is 2.47. The molecule has 0 N–H and O–H groups in total. The summed E-state index contributed by atoms with van der Waals surface area (Å²) in [6.07, 6.45) is 13.0. The minimum atomic E-state index is 0.719. The molecule has 2 aliphatic carbocycles. The standard InChI is InChI=1S/C26H29N/c1-2-3-19-4-9-26-17-25(15-14-24(26)16-19)23-12-10-22(11-13-23)21-7-5-20(18-27)6-8-21/h2-3,5-8,10-13,19,24-26H,4,9,14-17H2,1H3/b3-2+. The first-order valence-electron chi connectivity index (χ1n) is 10.5. The number of allylic oxidation sites excluding steroid dienone is 2. The molecule has 2 aromatic rings. The highest BCUT2D eigenvalue weighted by Gasteiger charge is 2.35. The highest BCUT2D eigenvalue weighted by atomic mass is 14.4. The first kappa shape index (κ1) is 18.1. The van der Waals surface area contributed by atoms with E-state index >= 15 is 0 Å². The van der Waals surface area contributed by atoms with Crippen molar-refractivity contribution in [3.8, 4) is 17.2 Å². The van der Waals surface area contributed by atoms with Gasteiger partial charge in [-0.15, -0.1) is 0 Å². The van der Waals surface area contributed by atoms with Crippen LogP contribution in [-0.4, -0.2) is 0 Å². The summed E-state index contributed by atoms with van der Waals surface area (Å²) in [5.41, 5.74) is 4.66. The molecule has 27 heavy (non-hydrogen) atoms. The fraction of sp³-hybridized carbons (Fsp3) is 0.423. The number of rotatable bonds is 3. The zero-order valence-electron chi connectivity index (χ0n) is 16.3. The molecule has 4 rings (SSSR count). The molecule has 0 radical (unpaired) electrons. The van der Waals surface area contributed by atoms with Crippen molar-refractivity contribution in [2.24, 2.45) is 17.8 Å². The van der Waals surface area contributed by atoms with Crippen LogP contribution in [0.15, 0.2) is 60.7 Å². The Balaban J connectivity index is 1.42. The Hall–Kier alpha value is -2.33. The van der Waals surface area contributed by atoms with E-state index in [0.29, 0.717) is 0 Å². The zero-order chi connectivity index (χ0) is 18.6. The summed E-state index contributed by atoms with van der Waals surface area (Å²) < 4.78 is 0. The van der Waals surface area contributed by atoms with E-state index < -0.39 is 0 Å². The first-order chi connectivity index (χ1) is 13.3. The minimum Gasteiger partial charge on any atom is -0.192 e. The second-order valence-corrected chi connectivity index (χ2v) is 8.44. The van der Waals surface area contributed by atoms with Crippen LogP contribution in [0.25, 0.3) is 11.1 Å². The minimum absolute atomic E-state index is 0.719. The molecule has 0 spiro atoms. The summed E-state index contributed by atoms with van der Waals surface area (Å²) in [4.78, 5) is 0. The Morgan fingerprint density at radius 2 is 1.44 bits per heavy atom. The number of fused-ring (bicyclic) bond motifs is 1. The molecular weight excluding hydrogens is 326 g/mol. The molecule has 2 aliphatic rings. The third-order valence-electron chi connectivity index (χ3n) is 6.85. The van der Waals surface area contributed by atoms with Crippen LogP contribution in [0.5, 0.6) is 0 Å². The van der Waals surface area contributed by atoms with E-state index in [1.165, 1.54) is 55.2 Å². The van der Waals surface area contributed by atoms with Gasteiger partial charge in [0.25, 0.3) is 0 Å². The average Bonchev–Trinajstić information content (AvgIpc) is 2.74. The summed E-state index contributed by atoms with van der Waals surface area (Å²) in [5, 5.41) is 8.95. The van der Waals surface area contributed by atoms with E-state index in [4.69, 9.17) is 5.26 Å². The average molecular weight is 356 g/mol. The smallest absolute Gasteiger partial charge is 0.0991 e. The van der Waals surface area contributed by atoms with E-state index in [0.717, 1.165) is 29.2 Å². The summed E-state index contributed by atoms with van der Waals surface area (Å²) >= 11 is 0. The van der Waals surface area contributed by atoms with Crippen molar-refractivity contribution >= 4 is 0 Å². The molecular formula is C26H29N. The summed E-state index contributed by atoms with van der Waals surface area (Å²) in [6, 6.07) is 19.3. The fourth-order valence-corrected chi connectivity index (χ4v) is 5.36. The molecule has 1 heteroatoms. The lowest BCUT2D eigenvalue weighted by molar-refractivity contribution is 0.133. The molecule has 0 saturated heterocycles. The third-order valence-corrected chi connectivity index (χ3v) is 6.85. The Labute approximate surface area is 163 Å². The van der Waals surface area contributed by atoms with Crippen molar-refractivity contribution < 1.29 is 0 Å². The Morgan fingerprint density at radius 1 is 0.815 bits per heavy atom. The molecule has 2 fully saturated rings. The number of hydrogen-bond acceptors (Lipinski definition) is 1. The van der Waals surface area contributed by atoms with Gasteiger partial charge in [-0.05, 0) is 97.9 Å². The second kappa shape index (κ2) is 8.13. The Morgan fingerprint density at radius 3 is 2.11 bits per heavy atom. The molecule has 0 amide bonds. The molecule has 1 nitrogen and oxygen atoms in total. The van der Waals surface area contributed by atoms with Crippen molar-refractivity contribution in [1.82, 2.24) is 0 Å². The molecule has 138 valence electrons. The van der Waals surface area contributed by atoms with Crippen LogP contribution in [0.4, 0.5) is 0 Å². The van der Waals surface area contributed by atoms with Gasteiger partial charge in [0, 0.05) is 0 Å². The van der Waals surface area contributed by atoms with Crippen molar-refractivity contribution in [2.75, 3.05) is 0 Å². The summed E-state index contributed by atoms with van der Waals surface area (Å²) in [6.45, 7) is 2.16. The maximum absolute atomic E-state index is 8.95. The molecule has 4 unspecified atom stereocenters. The van der Waals surface area contributed by atoms with Gasteiger partial charge >= 0.3 is 0 Å². The van der Waals surface area contributed by atoms with Crippen LogP contribution in [0.3, 0.4) is 0 Å². The topological polar surface area (TPSA) is 23.8 Å². The van der Waals surface area contributed by atoms with Gasteiger partial charge in [-0.2, -0.15) is 5.26 Å². The van der Waals surface area contributed by atoms with Crippen LogP contribution < -0.4 is 0 Å². The Kier molecular flexibility index (Phi) is 5.44. The predicted molar refractivity (Wildman–Crippen MR) is 112 cm³/mol. The molecule has 0 aliphatic heterocycles. The van der Waals surface area contributed by atoms with Gasteiger partial charge in [0.1, 0.15) is 0 Å². The molecule has 0 heterocycles. The lowest BCUT2D eigenvalue weighted by Gasteiger charge is -2.41. The highest BCUT2D eigenvalue weighted by molar-refractivity contribution is 5.64. The third kappa shape index (κ3) is 4.01. The fourth-order valence-electron chi connectivity index (χ4n) is 5.36. The van der Waals surface area contributed by atoms with E-state index in [1.54, 1.807) is 0 Å². The van der Waals surface area contributed by atoms with Gasteiger partial charge in [-0.25, -0.2) is 0 Å². The van der Waals surface area contributed by atoms with Gasteiger partial charge in [0.15, 0.2) is 0 Å². The van der Waals surface area contributed by atoms with E-state index in [1.807, 2.05) is 24.3 Å². The monoisotopic (exact) mass is 355 g/mol. The number of nitriles is 1. The van der Waals surface area contributed by atoms with E-state index in [-0.39, 0.29) is 0 Å². The van der Waals surface area contributed by atoms with Crippen LogP contribution in [0.2, 0.25) is 0 Å². The summed E-state index contributed by atoms with van der Waals surface area (Å²) in [5.74, 6) is 3.46. The van der Waals surface area contributed by atoms with Crippen LogP contribution in [0.1, 0.15) is 62.5 Å². The van der Waals surface area contributed by atoms with Crippen molar-refractivity contribution in [3.05, 3.63) is 71.8 Å².